The lowest BCUT2D eigenvalue weighted by Crippen LogP contribution is -2.29. The second-order valence-corrected chi connectivity index (χ2v) is 4.40. The largest absolute Gasteiger partial charge is 0.329 e. The minimum absolute atomic E-state index is 0.591. The lowest BCUT2D eigenvalue weighted by atomic mass is 10.1. The van der Waals surface area contributed by atoms with Crippen molar-refractivity contribution in [2.45, 2.75) is 39.7 Å². The van der Waals surface area contributed by atoms with Crippen LogP contribution in [0.1, 0.15) is 38.6 Å². The Morgan fingerprint density at radius 1 is 1.28 bits per heavy atom. The van der Waals surface area contributed by atoms with Crippen LogP contribution in [0.5, 0.6) is 0 Å². The average Bonchev–Trinajstić information content (AvgIpc) is 2.85. The van der Waals surface area contributed by atoms with Gasteiger partial charge in [-0.2, -0.15) is 0 Å². The molecule has 0 bridgehead atoms. The fourth-order valence-corrected chi connectivity index (χ4v) is 2.40. The van der Waals surface area contributed by atoms with E-state index in [4.69, 9.17) is 0 Å². The fraction of sp³-hybridized carbons (Fsp3) is 0.571. The Morgan fingerprint density at radius 3 is 2.72 bits per heavy atom. The quantitative estimate of drug-likeness (QED) is 0.841. The number of nitrogens with zero attached hydrogens (tertiary/aromatic N) is 3. The van der Waals surface area contributed by atoms with Gasteiger partial charge in [-0.15, -0.1) is 0 Å². The summed E-state index contributed by atoms with van der Waals surface area (Å²) in [4.78, 5) is 8.77. The molecule has 0 aromatic carbocycles. The predicted octanol–water partition coefficient (Wildman–Crippen LogP) is 2.69. The van der Waals surface area contributed by atoms with Crippen molar-refractivity contribution in [1.29, 1.82) is 0 Å². The minimum Gasteiger partial charge on any atom is -0.329 e. The van der Waals surface area contributed by atoms with Gasteiger partial charge in [-0.05, 0) is 38.9 Å². The topological polar surface area (TPSA) is 42.7 Å². The molecule has 4 heteroatoms. The zero-order valence-electron chi connectivity index (χ0n) is 11.5. The van der Waals surface area contributed by atoms with Crippen LogP contribution in [0, 0.1) is 6.92 Å². The number of fused-ring (bicyclic) bond motifs is 1. The van der Waals surface area contributed by atoms with Crippen LogP contribution in [0.25, 0.3) is 11.0 Å². The van der Waals surface area contributed by atoms with E-state index in [1.165, 1.54) is 12.8 Å². The van der Waals surface area contributed by atoms with Gasteiger partial charge in [-0.3, -0.25) is 0 Å². The summed E-state index contributed by atoms with van der Waals surface area (Å²) in [5.74, 6) is 0.849. The van der Waals surface area contributed by atoms with Crippen LogP contribution >= 0.6 is 0 Å². The lowest BCUT2D eigenvalue weighted by Gasteiger charge is -2.24. The van der Waals surface area contributed by atoms with Crippen LogP contribution in [-0.2, 0) is 0 Å². The summed E-state index contributed by atoms with van der Waals surface area (Å²) in [5.41, 5.74) is 1.08. The third-order valence-electron chi connectivity index (χ3n) is 3.28. The molecule has 1 saturated heterocycles. The second kappa shape index (κ2) is 5.96. The summed E-state index contributed by atoms with van der Waals surface area (Å²) in [5, 5.41) is 4.53. The van der Waals surface area contributed by atoms with E-state index in [1.54, 1.807) is 0 Å². The second-order valence-electron chi connectivity index (χ2n) is 4.40. The first kappa shape index (κ1) is 13.0. The molecule has 1 aliphatic heterocycles. The van der Waals surface area contributed by atoms with E-state index in [0.29, 0.717) is 6.04 Å². The van der Waals surface area contributed by atoms with Crippen LogP contribution in [0.4, 0.5) is 0 Å². The molecule has 0 atom stereocenters. The monoisotopic (exact) mass is 246 g/mol. The van der Waals surface area contributed by atoms with Gasteiger partial charge in [0, 0.05) is 23.8 Å². The van der Waals surface area contributed by atoms with Gasteiger partial charge in [0.05, 0.1) is 0 Å². The summed E-state index contributed by atoms with van der Waals surface area (Å²) in [6.07, 6.45) is 6.43. The van der Waals surface area contributed by atoms with Crippen molar-refractivity contribution in [3.63, 3.8) is 0 Å². The Hall–Kier alpha value is -1.42. The molecule has 3 heterocycles. The standard InChI is InChI=1S/C12H16N4.C2H6/c1-9-14-8-10-4-7-16(12(10)15-9)11-2-5-13-6-3-11;1-2/h4,7-8,11,13H,2-3,5-6H2,1H3;1-2H3. The molecule has 0 amide bonds. The highest BCUT2D eigenvalue weighted by molar-refractivity contribution is 5.75. The summed E-state index contributed by atoms with van der Waals surface area (Å²) in [6.45, 7) is 8.15. The molecule has 1 N–H and O–H groups in total. The first-order chi connectivity index (χ1) is 8.84. The van der Waals surface area contributed by atoms with Crippen molar-refractivity contribution in [1.82, 2.24) is 19.9 Å². The van der Waals surface area contributed by atoms with Gasteiger partial charge in [0.1, 0.15) is 11.5 Å². The van der Waals surface area contributed by atoms with Gasteiger partial charge < -0.3 is 9.88 Å². The molecular weight excluding hydrogens is 224 g/mol. The first-order valence-electron chi connectivity index (χ1n) is 6.85. The Morgan fingerprint density at radius 2 is 2.00 bits per heavy atom. The van der Waals surface area contributed by atoms with Gasteiger partial charge >= 0.3 is 0 Å². The third kappa shape index (κ3) is 2.53. The molecule has 1 fully saturated rings. The van der Waals surface area contributed by atoms with Crippen LogP contribution in [0.2, 0.25) is 0 Å². The van der Waals surface area contributed by atoms with Crippen LogP contribution in [-0.4, -0.2) is 27.6 Å². The Balaban J connectivity index is 0.000000574. The van der Waals surface area contributed by atoms with Crippen molar-refractivity contribution in [2.24, 2.45) is 0 Å². The zero-order chi connectivity index (χ0) is 13.0. The molecule has 4 nitrogen and oxygen atoms in total. The highest BCUT2D eigenvalue weighted by Crippen LogP contribution is 2.23. The maximum absolute atomic E-state index is 4.54. The van der Waals surface area contributed by atoms with E-state index in [-0.39, 0.29) is 0 Å². The average molecular weight is 246 g/mol. The molecule has 1 aliphatic rings. The maximum Gasteiger partial charge on any atom is 0.143 e. The van der Waals surface area contributed by atoms with Crippen LogP contribution in [0.15, 0.2) is 18.5 Å². The lowest BCUT2D eigenvalue weighted by molar-refractivity contribution is 0.374. The third-order valence-corrected chi connectivity index (χ3v) is 3.28. The van der Waals surface area contributed by atoms with Crippen LogP contribution < -0.4 is 5.32 Å². The van der Waals surface area contributed by atoms with Gasteiger partial charge in [0.25, 0.3) is 0 Å². The summed E-state index contributed by atoms with van der Waals surface area (Å²) >= 11 is 0. The molecule has 18 heavy (non-hydrogen) atoms. The number of nitrogens with one attached hydrogen (secondary N) is 1. The zero-order valence-corrected chi connectivity index (χ0v) is 11.5. The van der Waals surface area contributed by atoms with E-state index in [1.807, 2.05) is 27.0 Å². The molecular formula is C14H22N4. The van der Waals surface area contributed by atoms with E-state index in [0.717, 1.165) is 29.9 Å². The molecule has 0 radical (unpaired) electrons. The molecule has 0 aliphatic carbocycles. The predicted molar refractivity (Wildman–Crippen MR) is 74.8 cm³/mol. The first-order valence-corrected chi connectivity index (χ1v) is 6.85. The van der Waals surface area contributed by atoms with Gasteiger partial charge in [-0.25, -0.2) is 9.97 Å². The van der Waals surface area contributed by atoms with Crippen molar-refractivity contribution in [2.75, 3.05) is 13.1 Å². The van der Waals surface area contributed by atoms with E-state index in [9.17, 15) is 0 Å². The molecule has 0 spiro atoms. The summed E-state index contributed by atoms with van der Waals surface area (Å²) < 4.78 is 2.31. The number of hydrogen-bond donors (Lipinski definition) is 1. The van der Waals surface area contributed by atoms with Gasteiger partial charge in [0.15, 0.2) is 0 Å². The smallest absolute Gasteiger partial charge is 0.143 e. The van der Waals surface area contributed by atoms with Crippen LogP contribution in [0.3, 0.4) is 0 Å². The summed E-state index contributed by atoms with van der Waals surface area (Å²) in [7, 11) is 0. The number of aromatic nitrogens is 3. The summed E-state index contributed by atoms with van der Waals surface area (Å²) in [6, 6.07) is 2.70. The van der Waals surface area contributed by atoms with Gasteiger partial charge in [0.2, 0.25) is 0 Å². The van der Waals surface area contributed by atoms with E-state index >= 15 is 0 Å². The highest BCUT2D eigenvalue weighted by Gasteiger charge is 2.16. The Kier molecular flexibility index (Phi) is 4.31. The maximum atomic E-state index is 4.54. The molecule has 98 valence electrons. The van der Waals surface area contributed by atoms with Crippen molar-refractivity contribution < 1.29 is 0 Å². The Bertz CT molecular complexity index is 497. The number of hydrogen-bond acceptors (Lipinski definition) is 3. The van der Waals surface area contributed by atoms with E-state index in [2.05, 4.69) is 32.1 Å². The molecule has 0 saturated carbocycles. The SMILES string of the molecule is CC.Cc1ncc2ccn(C3CCNCC3)c2n1. The van der Waals surface area contributed by atoms with Crippen molar-refractivity contribution in [3.8, 4) is 0 Å². The van der Waals surface area contributed by atoms with E-state index < -0.39 is 0 Å². The highest BCUT2D eigenvalue weighted by atomic mass is 15.1. The normalized spacial score (nSPS) is 16.4. The minimum atomic E-state index is 0.591. The Labute approximate surface area is 108 Å². The van der Waals surface area contributed by atoms with Crippen molar-refractivity contribution in [3.05, 3.63) is 24.3 Å². The molecule has 2 aromatic heterocycles. The molecule has 3 rings (SSSR count). The fourth-order valence-electron chi connectivity index (χ4n) is 2.40. The number of piperidine rings is 1. The molecule has 0 unspecified atom stereocenters. The molecule has 2 aromatic rings. The number of rotatable bonds is 1. The van der Waals surface area contributed by atoms with Gasteiger partial charge in [-0.1, -0.05) is 13.8 Å². The number of aryl methyl sites for hydroxylation is 1. The van der Waals surface area contributed by atoms with Crippen molar-refractivity contribution >= 4 is 11.0 Å².